The molecule has 0 saturated carbocycles. The number of thioether (sulfide) groups is 1. The third kappa shape index (κ3) is 5.90. The molecule has 1 N–H and O–H groups in total. The fourth-order valence-electron chi connectivity index (χ4n) is 3.54. The van der Waals surface area contributed by atoms with Crippen molar-refractivity contribution in [1.82, 2.24) is 0 Å². The normalized spacial score (nSPS) is 29.2. The maximum atomic E-state index is 10.5. The Morgan fingerprint density at radius 2 is 2.09 bits per heavy atom. The topological polar surface area (TPSA) is 46.5 Å². The molecule has 0 aromatic rings. The van der Waals surface area contributed by atoms with Gasteiger partial charge in [-0.3, -0.25) is 4.79 Å². The SMILES string of the molecule is C#CCCCCS[C@H]1[C@@H](C/C=C\CCCC(=O)O)[C@H]2CC[C@@H]1O2. The highest BCUT2D eigenvalue weighted by Crippen LogP contribution is 2.46. The van der Waals surface area contributed by atoms with Crippen molar-refractivity contribution in [3.8, 4) is 12.3 Å². The number of aliphatic carboxylic acids is 1. The van der Waals surface area contributed by atoms with E-state index in [4.69, 9.17) is 16.3 Å². The lowest BCUT2D eigenvalue weighted by Crippen LogP contribution is -2.29. The van der Waals surface area contributed by atoms with Crippen LogP contribution in [0.5, 0.6) is 0 Å². The summed E-state index contributed by atoms with van der Waals surface area (Å²) in [7, 11) is 0. The second-order valence-corrected chi connectivity index (χ2v) is 7.73. The molecule has 2 rings (SSSR count). The number of carboxylic acid groups (broad SMARTS) is 1. The van der Waals surface area contributed by atoms with Gasteiger partial charge in [0.15, 0.2) is 0 Å². The van der Waals surface area contributed by atoms with Gasteiger partial charge in [0.1, 0.15) is 0 Å². The van der Waals surface area contributed by atoms with Crippen LogP contribution >= 0.6 is 11.8 Å². The number of ether oxygens (including phenoxy) is 1. The first-order valence-electron chi connectivity index (χ1n) is 8.79. The van der Waals surface area contributed by atoms with Gasteiger partial charge in [-0.2, -0.15) is 11.8 Å². The Morgan fingerprint density at radius 3 is 2.87 bits per heavy atom. The van der Waals surface area contributed by atoms with Crippen molar-refractivity contribution in [2.75, 3.05) is 5.75 Å². The average molecular weight is 336 g/mol. The molecule has 2 bridgehead atoms. The van der Waals surface area contributed by atoms with Crippen LogP contribution in [-0.4, -0.2) is 34.3 Å². The third-order valence-electron chi connectivity index (χ3n) is 4.71. The van der Waals surface area contributed by atoms with Crippen LogP contribution in [-0.2, 0) is 9.53 Å². The van der Waals surface area contributed by atoms with E-state index in [1.54, 1.807) is 0 Å². The van der Waals surface area contributed by atoms with Gasteiger partial charge >= 0.3 is 5.97 Å². The predicted molar refractivity (Wildman–Crippen MR) is 95.6 cm³/mol. The molecule has 2 fully saturated rings. The maximum Gasteiger partial charge on any atom is 0.303 e. The monoisotopic (exact) mass is 336 g/mol. The van der Waals surface area contributed by atoms with Crippen LogP contribution in [0.1, 0.15) is 57.8 Å². The summed E-state index contributed by atoms with van der Waals surface area (Å²) in [4.78, 5) is 10.5. The number of unbranched alkanes of at least 4 members (excludes halogenated alkanes) is 3. The lowest BCUT2D eigenvalue weighted by Gasteiger charge is -2.26. The Hall–Kier alpha value is -0.920. The number of allylic oxidation sites excluding steroid dienone is 2. The highest BCUT2D eigenvalue weighted by Gasteiger charge is 2.48. The number of carbonyl (C=O) groups is 1. The van der Waals surface area contributed by atoms with E-state index < -0.39 is 5.97 Å². The van der Waals surface area contributed by atoms with Gasteiger partial charge in [0.2, 0.25) is 0 Å². The lowest BCUT2D eigenvalue weighted by molar-refractivity contribution is -0.137. The van der Waals surface area contributed by atoms with E-state index in [1.165, 1.54) is 25.0 Å². The van der Waals surface area contributed by atoms with Crippen molar-refractivity contribution in [1.29, 1.82) is 0 Å². The van der Waals surface area contributed by atoms with Crippen LogP contribution in [0.25, 0.3) is 0 Å². The van der Waals surface area contributed by atoms with E-state index in [9.17, 15) is 4.79 Å². The van der Waals surface area contributed by atoms with Crippen molar-refractivity contribution in [3.05, 3.63) is 12.2 Å². The van der Waals surface area contributed by atoms with E-state index >= 15 is 0 Å². The van der Waals surface area contributed by atoms with Crippen LogP contribution in [0, 0.1) is 18.3 Å². The average Bonchev–Trinajstić information content (AvgIpc) is 3.12. The van der Waals surface area contributed by atoms with E-state index in [2.05, 4.69) is 29.8 Å². The predicted octanol–water partition coefficient (Wildman–Crippen LogP) is 4.27. The molecule has 0 spiro atoms. The highest BCUT2D eigenvalue weighted by atomic mass is 32.2. The Morgan fingerprint density at radius 1 is 1.26 bits per heavy atom. The quantitative estimate of drug-likeness (QED) is 0.348. The van der Waals surface area contributed by atoms with Gasteiger partial charge < -0.3 is 9.84 Å². The minimum absolute atomic E-state index is 0.262. The summed E-state index contributed by atoms with van der Waals surface area (Å²) in [6.45, 7) is 0. The molecule has 2 saturated heterocycles. The van der Waals surface area contributed by atoms with Gasteiger partial charge in [0.25, 0.3) is 0 Å². The van der Waals surface area contributed by atoms with Gasteiger partial charge in [0, 0.05) is 24.0 Å². The zero-order valence-electron chi connectivity index (χ0n) is 13.8. The van der Waals surface area contributed by atoms with Gasteiger partial charge in [-0.25, -0.2) is 0 Å². The second kappa shape index (κ2) is 10.1. The molecule has 4 atom stereocenters. The Balaban J connectivity index is 1.69. The second-order valence-electron chi connectivity index (χ2n) is 6.44. The van der Waals surface area contributed by atoms with E-state index in [0.29, 0.717) is 23.4 Å². The molecule has 4 heteroatoms. The zero-order chi connectivity index (χ0) is 16.5. The molecule has 0 amide bonds. The molecule has 0 radical (unpaired) electrons. The fraction of sp³-hybridized carbons (Fsp3) is 0.737. The Kier molecular flexibility index (Phi) is 8.05. The summed E-state index contributed by atoms with van der Waals surface area (Å²) in [5, 5.41) is 9.26. The number of hydrogen-bond donors (Lipinski definition) is 1. The molecule has 128 valence electrons. The van der Waals surface area contributed by atoms with Crippen LogP contribution in [0.2, 0.25) is 0 Å². The van der Waals surface area contributed by atoms with Crippen LogP contribution in [0.3, 0.4) is 0 Å². The van der Waals surface area contributed by atoms with E-state index in [1.807, 2.05) is 0 Å². The molecule has 0 aromatic heterocycles. The summed E-state index contributed by atoms with van der Waals surface area (Å²) < 4.78 is 6.12. The molecule has 0 aromatic carbocycles. The van der Waals surface area contributed by atoms with Gasteiger partial charge in [-0.15, -0.1) is 12.3 Å². The smallest absolute Gasteiger partial charge is 0.303 e. The first-order valence-corrected chi connectivity index (χ1v) is 9.84. The van der Waals surface area contributed by atoms with Crippen LogP contribution in [0.4, 0.5) is 0 Å². The third-order valence-corrected chi connectivity index (χ3v) is 6.28. The number of fused-ring (bicyclic) bond motifs is 2. The summed E-state index contributed by atoms with van der Waals surface area (Å²) in [5.41, 5.74) is 0. The first-order chi connectivity index (χ1) is 11.2. The molecule has 2 aliphatic rings. The first kappa shape index (κ1) is 18.4. The molecule has 0 aliphatic carbocycles. The molecular formula is C19H28O3S. The summed E-state index contributed by atoms with van der Waals surface area (Å²) in [6.07, 6.45) is 19.1. The summed E-state index contributed by atoms with van der Waals surface area (Å²) >= 11 is 2.07. The molecular weight excluding hydrogens is 308 g/mol. The number of rotatable bonds is 11. The minimum atomic E-state index is -0.707. The van der Waals surface area contributed by atoms with Gasteiger partial charge in [0.05, 0.1) is 12.2 Å². The van der Waals surface area contributed by atoms with Crippen molar-refractivity contribution in [3.63, 3.8) is 0 Å². The number of carboxylic acids is 1. The van der Waals surface area contributed by atoms with Crippen molar-refractivity contribution >= 4 is 17.7 Å². The molecule has 2 aliphatic heterocycles. The van der Waals surface area contributed by atoms with Crippen molar-refractivity contribution < 1.29 is 14.6 Å². The molecule has 3 nitrogen and oxygen atoms in total. The molecule has 2 heterocycles. The minimum Gasteiger partial charge on any atom is -0.481 e. The largest absolute Gasteiger partial charge is 0.481 e. The van der Waals surface area contributed by atoms with Crippen molar-refractivity contribution in [2.45, 2.75) is 75.2 Å². The summed E-state index contributed by atoms with van der Waals surface area (Å²) in [6, 6.07) is 0. The Bertz CT molecular complexity index is 440. The molecule has 0 unspecified atom stereocenters. The standard InChI is InChI=1S/C19H28O3S/c1-2-3-4-9-14-23-19-15(16-12-13-17(19)22-16)10-7-5-6-8-11-18(20)21/h1,5,7,15-17,19H,3-4,6,8-14H2,(H,20,21)/b7-5-/t15-,16+,17-,19-/m0/s1. The highest BCUT2D eigenvalue weighted by molar-refractivity contribution is 7.99. The Labute approximate surface area is 144 Å². The van der Waals surface area contributed by atoms with Crippen LogP contribution in [0.15, 0.2) is 12.2 Å². The fourth-order valence-corrected chi connectivity index (χ4v) is 5.13. The zero-order valence-corrected chi connectivity index (χ0v) is 14.6. The number of hydrogen-bond acceptors (Lipinski definition) is 3. The van der Waals surface area contributed by atoms with Gasteiger partial charge in [-0.05, 0) is 50.7 Å². The van der Waals surface area contributed by atoms with E-state index in [-0.39, 0.29) is 6.42 Å². The number of terminal acetylenes is 1. The maximum absolute atomic E-state index is 10.5. The van der Waals surface area contributed by atoms with Gasteiger partial charge in [-0.1, -0.05) is 12.2 Å². The van der Waals surface area contributed by atoms with Crippen LogP contribution < -0.4 is 0 Å². The van der Waals surface area contributed by atoms with E-state index in [0.717, 1.165) is 32.1 Å². The summed E-state index contributed by atoms with van der Waals surface area (Å²) in [5.74, 6) is 3.80. The van der Waals surface area contributed by atoms with Crippen molar-refractivity contribution in [2.24, 2.45) is 5.92 Å². The molecule has 23 heavy (non-hydrogen) atoms. The lowest BCUT2D eigenvalue weighted by atomic mass is 9.86.